The molecule has 0 radical (unpaired) electrons. The van der Waals surface area contributed by atoms with Crippen molar-refractivity contribution in [2.24, 2.45) is 7.05 Å². The van der Waals surface area contributed by atoms with Crippen LogP contribution in [0.1, 0.15) is 10.4 Å². The summed E-state index contributed by atoms with van der Waals surface area (Å²) in [5, 5.41) is 13.4. The second-order valence-corrected chi connectivity index (χ2v) is 4.23. The van der Waals surface area contributed by atoms with E-state index in [1.807, 2.05) is 0 Å². The van der Waals surface area contributed by atoms with Crippen molar-refractivity contribution >= 4 is 17.0 Å². The van der Waals surface area contributed by atoms with Crippen molar-refractivity contribution in [1.82, 2.24) is 19.7 Å². The monoisotopic (exact) mass is 288 g/mol. The molecular formula is C13H9FN4O3. The molecule has 3 rings (SSSR count). The van der Waals surface area contributed by atoms with E-state index in [0.29, 0.717) is 11.0 Å². The Hall–Kier alpha value is -3.03. The Labute approximate surface area is 117 Å². The van der Waals surface area contributed by atoms with Crippen molar-refractivity contribution in [3.05, 3.63) is 42.1 Å². The predicted octanol–water partition coefficient (Wildman–Crippen LogP) is 1.99. The number of aromatic nitrogens is 4. The van der Waals surface area contributed by atoms with Gasteiger partial charge in [0.1, 0.15) is 23.3 Å². The van der Waals surface area contributed by atoms with E-state index in [1.165, 1.54) is 18.6 Å². The maximum Gasteiger partial charge on any atom is 0.338 e. The Morgan fingerprint density at radius 3 is 2.90 bits per heavy atom. The van der Waals surface area contributed by atoms with Crippen LogP contribution in [0.15, 0.2) is 30.7 Å². The van der Waals surface area contributed by atoms with Gasteiger partial charge in [-0.2, -0.15) is 5.10 Å². The maximum atomic E-state index is 13.6. The molecule has 2 aromatic heterocycles. The number of carbonyl (C=O) groups is 1. The van der Waals surface area contributed by atoms with E-state index in [2.05, 4.69) is 15.1 Å². The third-order valence-electron chi connectivity index (χ3n) is 2.88. The van der Waals surface area contributed by atoms with Crippen LogP contribution in [0.25, 0.3) is 11.0 Å². The molecule has 1 N–H and O–H groups in total. The molecule has 0 saturated carbocycles. The highest BCUT2D eigenvalue weighted by molar-refractivity contribution is 5.88. The van der Waals surface area contributed by atoms with Gasteiger partial charge in [-0.15, -0.1) is 0 Å². The predicted molar refractivity (Wildman–Crippen MR) is 69.7 cm³/mol. The first kappa shape index (κ1) is 13.0. The van der Waals surface area contributed by atoms with Gasteiger partial charge in [0.2, 0.25) is 5.88 Å². The zero-order valence-corrected chi connectivity index (χ0v) is 10.8. The number of carboxylic acids is 1. The minimum atomic E-state index is -1.34. The van der Waals surface area contributed by atoms with Crippen LogP contribution in [0.3, 0.4) is 0 Å². The van der Waals surface area contributed by atoms with Crippen LogP contribution in [-0.4, -0.2) is 30.8 Å². The number of hydrogen-bond donors (Lipinski definition) is 1. The molecule has 0 aliphatic rings. The highest BCUT2D eigenvalue weighted by Gasteiger charge is 2.13. The van der Waals surface area contributed by atoms with E-state index in [-0.39, 0.29) is 11.6 Å². The zero-order chi connectivity index (χ0) is 15.0. The topological polar surface area (TPSA) is 90.1 Å². The number of aromatic carboxylic acids is 1. The number of ether oxygens (including phenoxy) is 1. The molecule has 0 fully saturated rings. The summed E-state index contributed by atoms with van der Waals surface area (Å²) in [7, 11) is 1.72. The lowest BCUT2D eigenvalue weighted by atomic mass is 10.2. The van der Waals surface area contributed by atoms with Crippen molar-refractivity contribution in [3.8, 4) is 11.6 Å². The molecule has 3 aromatic rings. The van der Waals surface area contributed by atoms with Crippen LogP contribution in [0.4, 0.5) is 4.39 Å². The highest BCUT2D eigenvalue weighted by Crippen LogP contribution is 2.27. The molecule has 0 atom stereocenters. The first-order valence-corrected chi connectivity index (χ1v) is 5.89. The van der Waals surface area contributed by atoms with E-state index in [0.717, 1.165) is 12.1 Å². The third kappa shape index (κ3) is 2.27. The fraction of sp³-hybridized carbons (Fsp3) is 0.0769. The Morgan fingerprint density at radius 1 is 1.38 bits per heavy atom. The van der Waals surface area contributed by atoms with Gasteiger partial charge in [0.15, 0.2) is 5.65 Å². The van der Waals surface area contributed by atoms with Crippen molar-refractivity contribution in [3.63, 3.8) is 0 Å². The van der Waals surface area contributed by atoms with E-state index in [9.17, 15) is 9.18 Å². The average molecular weight is 288 g/mol. The van der Waals surface area contributed by atoms with Crippen molar-refractivity contribution in [1.29, 1.82) is 0 Å². The van der Waals surface area contributed by atoms with Crippen LogP contribution in [0, 0.1) is 5.82 Å². The van der Waals surface area contributed by atoms with Crippen LogP contribution >= 0.6 is 0 Å². The zero-order valence-electron chi connectivity index (χ0n) is 10.8. The molecule has 0 aliphatic carbocycles. The summed E-state index contributed by atoms with van der Waals surface area (Å²) in [6.45, 7) is 0. The second-order valence-electron chi connectivity index (χ2n) is 4.23. The summed E-state index contributed by atoms with van der Waals surface area (Å²) in [5.74, 6) is -1.86. The molecule has 7 nitrogen and oxygen atoms in total. The number of carboxylic acid groups (broad SMARTS) is 1. The third-order valence-corrected chi connectivity index (χ3v) is 2.88. The first-order valence-electron chi connectivity index (χ1n) is 5.89. The van der Waals surface area contributed by atoms with Crippen molar-refractivity contribution in [2.45, 2.75) is 0 Å². The van der Waals surface area contributed by atoms with Gasteiger partial charge in [-0.25, -0.2) is 19.2 Å². The van der Waals surface area contributed by atoms with Gasteiger partial charge in [-0.1, -0.05) is 0 Å². The maximum absolute atomic E-state index is 13.6. The highest BCUT2D eigenvalue weighted by atomic mass is 19.1. The summed E-state index contributed by atoms with van der Waals surface area (Å²) in [5.41, 5.74) is 0.152. The van der Waals surface area contributed by atoms with E-state index < -0.39 is 17.3 Å². The van der Waals surface area contributed by atoms with Gasteiger partial charge in [-0.3, -0.25) is 4.68 Å². The van der Waals surface area contributed by atoms with E-state index >= 15 is 0 Å². The molecule has 0 unspecified atom stereocenters. The molecule has 1 aromatic carbocycles. The number of fused-ring (bicyclic) bond motifs is 1. The van der Waals surface area contributed by atoms with Gasteiger partial charge < -0.3 is 9.84 Å². The number of halogens is 1. The molecule has 2 heterocycles. The second kappa shape index (κ2) is 4.82. The summed E-state index contributed by atoms with van der Waals surface area (Å²) in [6.07, 6.45) is 2.84. The molecule has 0 bridgehead atoms. The average Bonchev–Trinajstić information content (AvgIpc) is 2.81. The molecule has 0 spiro atoms. The van der Waals surface area contributed by atoms with E-state index in [1.54, 1.807) is 11.7 Å². The van der Waals surface area contributed by atoms with Gasteiger partial charge in [0.05, 0.1) is 11.8 Å². The fourth-order valence-electron chi connectivity index (χ4n) is 1.87. The lowest BCUT2D eigenvalue weighted by Gasteiger charge is -2.06. The molecular weight excluding hydrogens is 279 g/mol. The first-order chi connectivity index (χ1) is 10.1. The quantitative estimate of drug-likeness (QED) is 0.792. The number of hydrogen-bond acceptors (Lipinski definition) is 5. The summed E-state index contributed by atoms with van der Waals surface area (Å²) in [4.78, 5) is 18.8. The van der Waals surface area contributed by atoms with Crippen LogP contribution in [0.5, 0.6) is 11.6 Å². The Kier molecular flexibility index (Phi) is 2.98. The summed E-state index contributed by atoms with van der Waals surface area (Å²) < 4.78 is 20.6. The standard InChI is InChI=1S/C13H9FN4O3/c1-18-11-9(5-17-18)12(16-6-15-11)21-7-2-3-8(13(19)20)10(14)4-7/h2-6H,1H3,(H,19,20). The van der Waals surface area contributed by atoms with Crippen LogP contribution in [0.2, 0.25) is 0 Å². The van der Waals surface area contributed by atoms with Crippen molar-refractivity contribution in [2.75, 3.05) is 0 Å². The van der Waals surface area contributed by atoms with Crippen LogP contribution < -0.4 is 4.74 Å². The largest absolute Gasteiger partial charge is 0.478 e. The Morgan fingerprint density at radius 2 is 2.19 bits per heavy atom. The minimum Gasteiger partial charge on any atom is -0.478 e. The van der Waals surface area contributed by atoms with E-state index in [4.69, 9.17) is 9.84 Å². The molecule has 21 heavy (non-hydrogen) atoms. The molecule has 0 aliphatic heterocycles. The number of rotatable bonds is 3. The number of aryl methyl sites for hydroxylation is 1. The van der Waals surface area contributed by atoms with Gasteiger partial charge in [0, 0.05) is 13.1 Å². The summed E-state index contributed by atoms with van der Waals surface area (Å²) >= 11 is 0. The lowest BCUT2D eigenvalue weighted by Crippen LogP contribution is -2.00. The fourth-order valence-corrected chi connectivity index (χ4v) is 1.87. The normalized spacial score (nSPS) is 10.8. The molecule has 8 heteroatoms. The van der Waals surface area contributed by atoms with Gasteiger partial charge in [0.25, 0.3) is 0 Å². The summed E-state index contributed by atoms with van der Waals surface area (Å²) in [6, 6.07) is 3.49. The van der Waals surface area contributed by atoms with Crippen molar-refractivity contribution < 1.29 is 19.0 Å². The lowest BCUT2D eigenvalue weighted by molar-refractivity contribution is 0.0692. The SMILES string of the molecule is Cn1ncc2c(Oc3ccc(C(=O)O)c(F)c3)ncnc21. The molecule has 0 amide bonds. The minimum absolute atomic E-state index is 0.140. The Bertz CT molecular complexity index is 847. The van der Waals surface area contributed by atoms with Crippen LogP contribution in [-0.2, 0) is 7.05 Å². The Balaban J connectivity index is 1.99. The smallest absolute Gasteiger partial charge is 0.338 e. The number of benzene rings is 1. The van der Waals surface area contributed by atoms with Gasteiger partial charge >= 0.3 is 5.97 Å². The molecule has 106 valence electrons. The molecule has 0 saturated heterocycles. The number of nitrogens with zero attached hydrogens (tertiary/aromatic N) is 4. The van der Waals surface area contributed by atoms with Gasteiger partial charge in [-0.05, 0) is 12.1 Å².